The Balaban J connectivity index is 2.64. The minimum atomic E-state index is -0.590. The van der Waals surface area contributed by atoms with Gasteiger partial charge in [0.05, 0.1) is 7.11 Å². The minimum absolute atomic E-state index is 0.0301. The molecule has 1 amide bonds. The van der Waals surface area contributed by atoms with Crippen molar-refractivity contribution in [2.45, 2.75) is 13.3 Å². The van der Waals surface area contributed by atoms with Crippen LogP contribution in [0.3, 0.4) is 0 Å². The van der Waals surface area contributed by atoms with Crippen LogP contribution in [-0.4, -0.2) is 22.4 Å². The lowest BCUT2D eigenvalue weighted by molar-refractivity contribution is 0.0535. The van der Waals surface area contributed by atoms with Crippen LogP contribution >= 0.6 is 11.3 Å². The zero-order chi connectivity index (χ0) is 12.4. The number of thiazole rings is 1. The molecule has 0 bridgehead atoms. The SMILES string of the molecule is CCc1csc2ncc(C(=O)NOC)c(=O)n12. The molecular formula is C10H11N3O3S. The Hall–Kier alpha value is -1.73. The number of aromatic nitrogens is 2. The third-order valence-electron chi connectivity index (χ3n) is 2.32. The molecule has 0 aromatic carbocycles. The molecule has 7 heteroatoms. The molecule has 0 spiro atoms. The molecule has 0 saturated carbocycles. The summed E-state index contributed by atoms with van der Waals surface area (Å²) in [7, 11) is 1.31. The highest BCUT2D eigenvalue weighted by Gasteiger charge is 2.15. The molecule has 17 heavy (non-hydrogen) atoms. The molecule has 90 valence electrons. The lowest BCUT2D eigenvalue weighted by Crippen LogP contribution is -2.31. The smallest absolute Gasteiger partial charge is 0.277 e. The van der Waals surface area contributed by atoms with Crippen LogP contribution in [0, 0.1) is 0 Å². The van der Waals surface area contributed by atoms with Gasteiger partial charge in [0.25, 0.3) is 11.5 Å². The lowest BCUT2D eigenvalue weighted by Gasteiger charge is -2.02. The Morgan fingerprint density at radius 1 is 1.65 bits per heavy atom. The number of aryl methyl sites for hydroxylation is 1. The summed E-state index contributed by atoms with van der Waals surface area (Å²) in [6, 6.07) is 0. The number of hydrogen-bond acceptors (Lipinski definition) is 5. The van der Waals surface area contributed by atoms with Crippen molar-refractivity contribution in [3.63, 3.8) is 0 Å². The van der Waals surface area contributed by atoms with E-state index in [4.69, 9.17) is 0 Å². The summed E-state index contributed by atoms with van der Waals surface area (Å²) in [6.45, 7) is 1.94. The van der Waals surface area contributed by atoms with E-state index in [0.717, 1.165) is 5.69 Å². The molecular weight excluding hydrogens is 242 g/mol. The van der Waals surface area contributed by atoms with E-state index in [1.165, 1.54) is 29.0 Å². The molecule has 2 rings (SSSR count). The van der Waals surface area contributed by atoms with Crippen molar-refractivity contribution in [2.24, 2.45) is 0 Å². The summed E-state index contributed by atoms with van der Waals surface area (Å²) in [4.78, 5) is 32.8. The quantitative estimate of drug-likeness (QED) is 0.813. The van der Waals surface area contributed by atoms with E-state index in [0.29, 0.717) is 11.4 Å². The molecule has 2 aromatic heterocycles. The van der Waals surface area contributed by atoms with Crippen molar-refractivity contribution in [3.05, 3.63) is 33.2 Å². The molecule has 0 aliphatic rings. The summed E-state index contributed by atoms with van der Waals surface area (Å²) in [5.41, 5.74) is 2.55. The molecule has 0 saturated heterocycles. The third kappa shape index (κ3) is 1.94. The fourth-order valence-electron chi connectivity index (χ4n) is 1.49. The highest BCUT2D eigenvalue weighted by Crippen LogP contribution is 2.12. The Labute approximate surface area is 101 Å². The van der Waals surface area contributed by atoms with E-state index in [-0.39, 0.29) is 11.1 Å². The number of hydroxylamine groups is 1. The number of fused-ring (bicyclic) bond motifs is 1. The van der Waals surface area contributed by atoms with Crippen LogP contribution in [0.1, 0.15) is 23.0 Å². The third-order valence-corrected chi connectivity index (χ3v) is 3.21. The van der Waals surface area contributed by atoms with Gasteiger partial charge >= 0.3 is 0 Å². The number of carbonyl (C=O) groups excluding carboxylic acids is 1. The number of rotatable bonds is 3. The van der Waals surface area contributed by atoms with E-state index >= 15 is 0 Å². The van der Waals surface area contributed by atoms with Crippen molar-refractivity contribution in [3.8, 4) is 0 Å². The van der Waals surface area contributed by atoms with Crippen molar-refractivity contribution >= 4 is 22.2 Å². The maximum Gasteiger partial charge on any atom is 0.282 e. The highest BCUT2D eigenvalue weighted by molar-refractivity contribution is 7.15. The van der Waals surface area contributed by atoms with E-state index in [1.807, 2.05) is 12.3 Å². The van der Waals surface area contributed by atoms with E-state index in [2.05, 4.69) is 15.3 Å². The lowest BCUT2D eigenvalue weighted by atomic mass is 10.3. The predicted molar refractivity (Wildman–Crippen MR) is 63.2 cm³/mol. The maximum atomic E-state index is 12.1. The zero-order valence-corrected chi connectivity index (χ0v) is 10.2. The molecule has 0 aliphatic carbocycles. The number of carbonyl (C=O) groups is 1. The van der Waals surface area contributed by atoms with Crippen LogP contribution in [0.5, 0.6) is 0 Å². The Morgan fingerprint density at radius 2 is 2.41 bits per heavy atom. The molecule has 6 nitrogen and oxygen atoms in total. The van der Waals surface area contributed by atoms with Crippen LogP contribution in [0.2, 0.25) is 0 Å². The van der Waals surface area contributed by atoms with Gasteiger partial charge in [0, 0.05) is 17.3 Å². The van der Waals surface area contributed by atoms with E-state index in [1.54, 1.807) is 0 Å². The largest absolute Gasteiger partial charge is 0.282 e. The van der Waals surface area contributed by atoms with Crippen molar-refractivity contribution in [1.29, 1.82) is 0 Å². The predicted octanol–water partition coefficient (Wildman–Crippen LogP) is 0.610. The topological polar surface area (TPSA) is 72.7 Å². The molecule has 2 heterocycles. The summed E-state index contributed by atoms with van der Waals surface area (Å²) >= 11 is 1.38. The fourth-order valence-corrected chi connectivity index (χ4v) is 2.43. The van der Waals surface area contributed by atoms with Gasteiger partial charge in [0.15, 0.2) is 4.96 Å². The highest BCUT2D eigenvalue weighted by atomic mass is 32.1. The molecule has 1 N–H and O–H groups in total. The van der Waals surface area contributed by atoms with Gasteiger partial charge in [0.2, 0.25) is 0 Å². The van der Waals surface area contributed by atoms with Gasteiger partial charge in [-0.25, -0.2) is 10.5 Å². The Kier molecular flexibility index (Phi) is 3.21. The molecule has 0 unspecified atom stereocenters. The first-order valence-electron chi connectivity index (χ1n) is 5.00. The second kappa shape index (κ2) is 4.64. The van der Waals surface area contributed by atoms with Gasteiger partial charge in [0.1, 0.15) is 5.56 Å². The first kappa shape index (κ1) is 11.7. The summed E-state index contributed by atoms with van der Waals surface area (Å²) in [6.07, 6.45) is 1.97. The van der Waals surface area contributed by atoms with Crippen LogP contribution in [-0.2, 0) is 11.3 Å². The monoisotopic (exact) mass is 253 g/mol. The van der Waals surface area contributed by atoms with E-state index < -0.39 is 5.91 Å². The molecule has 2 aromatic rings. The molecule has 0 atom stereocenters. The average Bonchev–Trinajstić information content (AvgIpc) is 2.73. The van der Waals surface area contributed by atoms with Crippen LogP contribution in [0.15, 0.2) is 16.4 Å². The Morgan fingerprint density at radius 3 is 3.06 bits per heavy atom. The second-order valence-corrected chi connectivity index (χ2v) is 4.15. The number of nitrogens with zero attached hydrogens (tertiary/aromatic N) is 2. The summed E-state index contributed by atoms with van der Waals surface area (Å²) in [5.74, 6) is -0.590. The molecule has 0 aliphatic heterocycles. The Bertz CT molecular complexity index is 617. The zero-order valence-electron chi connectivity index (χ0n) is 9.39. The van der Waals surface area contributed by atoms with Gasteiger partial charge in [-0.15, -0.1) is 11.3 Å². The number of amides is 1. The van der Waals surface area contributed by atoms with Gasteiger partial charge in [-0.05, 0) is 6.42 Å². The molecule has 0 radical (unpaired) electrons. The first-order chi connectivity index (χ1) is 8.19. The van der Waals surface area contributed by atoms with Gasteiger partial charge in [-0.1, -0.05) is 6.92 Å². The fraction of sp³-hybridized carbons (Fsp3) is 0.300. The minimum Gasteiger partial charge on any atom is -0.277 e. The van der Waals surface area contributed by atoms with Crippen molar-refractivity contribution < 1.29 is 9.63 Å². The normalized spacial score (nSPS) is 10.7. The second-order valence-electron chi connectivity index (χ2n) is 3.31. The van der Waals surface area contributed by atoms with Gasteiger partial charge in [-0.2, -0.15) is 0 Å². The van der Waals surface area contributed by atoms with E-state index in [9.17, 15) is 9.59 Å². The van der Waals surface area contributed by atoms with Crippen molar-refractivity contribution in [1.82, 2.24) is 14.9 Å². The molecule has 0 fully saturated rings. The maximum absolute atomic E-state index is 12.1. The number of nitrogens with one attached hydrogen (secondary N) is 1. The van der Waals surface area contributed by atoms with Gasteiger partial charge in [-0.3, -0.25) is 18.8 Å². The standard InChI is InChI=1S/C10H11N3O3S/c1-3-6-5-17-10-11-4-7(8(14)12-16-2)9(15)13(6)10/h4-5H,3H2,1-2H3,(H,12,14). The van der Waals surface area contributed by atoms with Gasteiger partial charge < -0.3 is 0 Å². The van der Waals surface area contributed by atoms with Crippen molar-refractivity contribution in [2.75, 3.05) is 7.11 Å². The van der Waals surface area contributed by atoms with Crippen LogP contribution in [0.25, 0.3) is 4.96 Å². The average molecular weight is 253 g/mol. The summed E-state index contributed by atoms with van der Waals surface area (Å²) < 4.78 is 1.45. The number of hydrogen-bond donors (Lipinski definition) is 1. The van der Waals surface area contributed by atoms with Crippen LogP contribution in [0.4, 0.5) is 0 Å². The first-order valence-corrected chi connectivity index (χ1v) is 5.88. The van der Waals surface area contributed by atoms with Crippen LogP contribution < -0.4 is 11.0 Å². The summed E-state index contributed by atoms with van der Waals surface area (Å²) in [5, 5.41) is 1.86.